The molecule has 0 radical (unpaired) electrons. The first-order chi connectivity index (χ1) is 18.4. The fourth-order valence-corrected chi connectivity index (χ4v) is 8.81. The van der Waals surface area contributed by atoms with Crippen molar-refractivity contribution in [2.75, 3.05) is 49.2 Å². The van der Waals surface area contributed by atoms with Crippen LogP contribution in [0.5, 0.6) is 0 Å². The van der Waals surface area contributed by atoms with E-state index in [9.17, 15) is 19.5 Å². The third-order valence-corrected chi connectivity index (χ3v) is 10.2. The van der Waals surface area contributed by atoms with Crippen LogP contribution in [0, 0.1) is 11.8 Å². The number of likely N-dealkylation sites (tertiary alicyclic amines) is 1. The second-order valence-corrected chi connectivity index (χ2v) is 11.8. The Morgan fingerprint density at radius 2 is 1.87 bits per heavy atom. The molecule has 3 aliphatic heterocycles. The largest absolute Gasteiger partial charge is 0.466 e. The number of amides is 2. The smallest absolute Gasteiger partial charge is 0.310 e. The summed E-state index contributed by atoms with van der Waals surface area (Å²) in [6, 6.07) is 7.28. The maximum atomic E-state index is 14.5. The van der Waals surface area contributed by atoms with E-state index < -0.39 is 22.6 Å². The monoisotopic (exact) mass is 543 g/mol. The highest BCUT2D eigenvalue weighted by Gasteiger charge is 2.74. The number of benzene rings is 1. The molecule has 1 aromatic rings. The molecular formula is C29H41N3O5S. The molecule has 3 aliphatic rings. The molecule has 0 aliphatic carbocycles. The maximum absolute atomic E-state index is 14.5. The molecule has 1 N–H and O–H groups in total. The third-order valence-electron chi connectivity index (χ3n) is 8.27. The molecule has 38 heavy (non-hydrogen) atoms. The Labute approximate surface area is 230 Å². The van der Waals surface area contributed by atoms with Gasteiger partial charge in [0.1, 0.15) is 6.04 Å². The Morgan fingerprint density at radius 1 is 1.18 bits per heavy atom. The molecule has 3 fully saturated rings. The minimum Gasteiger partial charge on any atom is -0.466 e. The van der Waals surface area contributed by atoms with Crippen molar-refractivity contribution in [2.24, 2.45) is 11.8 Å². The number of anilines is 2. The minimum atomic E-state index is -0.685. The molecule has 2 bridgehead atoms. The van der Waals surface area contributed by atoms with Crippen LogP contribution in [0.15, 0.2) is 36.9 Å². The highest BCUT2D eigenvalue weighted by Crippen LogP contribution is 2.66. The lowest BCUT2D eigenvalue weighted by molar-refractivity contribution is -0.153. The number of rotatable bonds is 13. The van der Waals surface area contributed by atoms with Gasteiger partial charge >= 0.3 is 5.97 Å². The number of nitrogens with zero attached hydrogens (tertiary/aromatic N) is 3. The van der Waals surface area contributed by atoms with Crippen LogP contribution in [-0.2, 0) is 19.1 Å². The molecule has 0 saturated carbocycles. The zero-order valence-electron chi connectivity index (χ0n) is 22.8. The second-order valence-electron chi connectivity index (χ2n) is 10.2. The Bertz CT molecular complexity index is 1030. The van der Waals surface area contributed by atoms with Gasteiger partial charge in [0.25, 0.3) is 5.91 Å². The van der Waals surface area contributed by atoms with Gasteiger partial charge in [0, 0.05) is 49.4 Å². The van der Waals surface area contributed by atoms with Gasteiger partial charge in [-0.3, -0.25) is 14.4 Å². The molecule has 3 saturated heterocycles. The number of hydrogen-bond donors (Lipinski definition) is 1. The van der Waals surface area contributed by atoms with Gasteiger partial charge in [0.05, 0.1) is 23.2 Å². The number of fused-ring (bicyclic) bond motifs is 1. The average molecular weight is 544 g/mol. The van der Waals surface area contributed by atoms with Gasteiger partial charge < -0.3 is 24.5 Å². The van der Waals surface area contributed by atoms with Crippen molar-refractivity contribution >= 4 is 40.9 Å². The van der Waals surface area contributed by atoms with Gasteiger partial charge in [0.2, 0.25) is 5.91 Å². The van der Waals surface area contributed by atoms with Crippen molar-refractivity contribution in [3.8, 4) is 0 Å². The van der Waals surface area contributed by atoms with E-state index in [1.807, 2.05) is 24.3 Å². The SMILES string of the molecule is C=CCN(C(=O)C1N(CCCCO)C(=O)[C@@H]2[C@H](C(=O)OCC)[C@@H]3CCC12S3)c1ccc(N(CC)CC)cc1. The highest BCUT2D eigenvalue weighted by atomic mass is 32.2. The van der Waals surface area contributed by atoms with Crippen LogP contribution in [-0.4, -0.2) is 83.2 Å². The molecule has 3 heterocycles. The Morgan fingerprint density at radius 3 is 2.47 bits per heavy atom. The topological polar surface area (TPSA) is 90.4 Å². The summed E-state index contributed by atoms with van der Waals surface area (Å²) in [5.41, 5.74) is 1.85. The van der Waals surface area contributed by atoms with Crippen LogP contribution in [0.1, 0.15) is 46.5 Å². The number of hydrogen-bond acceptors (Lipinski definition) is 7. The van der Waals surface area contributed by atoms with E-state index in [0.29, 0.717) is 32.4 Å². The normalized spacial score (nSPS) is 27.4. The quantitative estimate of drug-likeness (QED) is 0.231. The number of aliphatic hydroxyl groups is 1. The van der Waals surface area contributed by atoms with E-state index in [0.717, 1.165) is 30.9 Å². The minimum absolute atomic E-state index is 0.0147. The average Bonchev–Trinajstić information content (AvgIpc) is 3.56. The maximum Gasteiger partial charge on any atom is 0.310 e. The first kappa shape index (κ1) is 28.5. The van der Waals surface area contributed by atoms with Crippen molar-refractivity contribution in [3.63, 3.8) is 0 Å². The standard InChI is InChI=1S/C29H41N3O5S/c1-5-17-31(21-13-11-20(12-14-21)30(6-2)7-3)27(35)25-29-16-15-22(38-29)23(28(36)37-8-4)24(29)26(34)32(25)18-9-10-19-33/h5,11-14,22-25,33H,1,6-10,15-19H2,2-4H3/t22-,23+,24-,25?,29?/m0/s1. The summed E-state index contributed by atoms with van der Waals surface area (Å²) in [5.74, 6) is -1.70. The van der Waals surface area contributed by atoms with Crippen LogP contribution in [0.3, 0.4) is 0 Å². The molecule has 8 nitrogen and oxygen atoms in total. The van der Waals surface area contributed by atoms with Crippen LogP contribution >= 0.6 is 11.8 Å². The first-order valence-corrected chi connectivity index (χ1v) is 14.8. The van der Waals surface area contributed by atoms with Crippen molar-refractivity contribution in [1.29, 1.82) is 0 Å². The molecule has 2 amide bonds. The highest BCUT2D eigenvalue weighted by molar-refractivity contribution is 8.02. The van der Waals surface area contributed by atoms with E-state index in [1.165, 1.54) is 0 Å². The van der Waals surface area contributed by atoms with Gasteiger partial charge in [-0.05, 0) is 70.7 Å². The number of aliphatic hydroxyl groups excluding tert-OH is 1. The van der Waals surface area contributed by atoms with Gasteiger partial charge in [-0.2, -0.15) is 0 Å². The molecule has 5 atom stereocenters. The summed E-state index contributed by atoms with van der Waals surface area (Å²) >= 11 is 1.65. The number of esters is 1. The molecule has 0 aromatic heterocycles. The molecule has 2 unspecified atom stereocenters. The van der Waals surface area contributed by atoms with E-state index >= 15 is 0 Å². The number of ether oxygens (including phenoxy) is 1. The predicted octanol–water partition coefficient (Wildman–Crippen LogP) is 3.48. The van der Waals surface area contributed by atoms with E-state index in [-0.39, 0.29) is 36.2 Å². The van der Waals surface area contributed by atoms with Gasteiger partial charge in [-0.15, -0.1) is 18.3 Å². The fraction of sp³-hybridized carbons (Fsp3) is 0.621. The number of unbranched alkanes of at least 4 members (excludes halogenated alkanes) is 1. The summed E-state index contributed by atoms with van der Waals surface area (Å²) in [7, 11) is 0. The van der Waals surface area contributed by atoms with Crippen LogP contribution < -0.4 is 9.80 Å². The van der Waals surface area contributed by atoms with Crippen molar-refractivity contribution < 1.29 is 24.2 Å². The lowest BCUT2D eigenvalue weighted by Crippen LogP contribution is -2.55. The number of carbonyl (C=O) groups is 3. The molecule has 1 aromatic carbocycles. The van der Waals surface area contributed by atoms with Crippen molar-refractivity contribution in [1.82, 2.24) is 4.90 Å². The summed E-state index contributed by atoms with van der Waals surface area (Å²) in [6.45, 7) is 12.7. The van der Waals surface area contributed by atoms with Crippen molar-refractivity contribution in [2.45, 2.75) is 62.5 Å². The van der Waals surface area contributed by atoms with Crippen molar-refractivity contribution in [3.05, 3.63) is 36.9 Å². The summed E-state index contributed by atoms with van der Waals surface area (Å²) in [6.07, 6.45) is 4.34. The van der Waals surface area contributed by atoms with E-state index in [4.69, 9.17) is 4.74 Å². The Hall–Kier alpha value is -2.52. The van der Waals surface area contributed by atoms with Crippen LogP contribution in [0.25, 0.3) is 0 Å². The predicted molar refractivity (Wildman–Crippen MR) is 151 cm³/mol. The van der Waals surface area contributed by atoms with E-state index in [1.54, 1.807) is 34.6 Å². The van der Waals surface area contributed by atoms with E-state index in [2.05, 4.69) is 25.3 Å². The third kappa shape index (κ3) is 4.83. The molecular weight excluding hydrogens is 502 g/mol. The zero-order chi connectivity index (χ0) is 27.4. The molecule has 9 heteroatoms. The molecule has 208 valence electrons. The molecule has 1 spiro atoms. The molecule has 4 rings (SSSR count). The van der Waals surface area contributed by atoms with Gasteiger partial charge in [0.15, 0.2) is 0 Å². The van der Waals surface area contributed by atoms with Crippen LogP contribution in [0.4, 0.5) is 11.4 Å². The summed E-state index contributed by atoms with van der Waals surface area (Å²) in [4.78, 5) is 47.1. The second kappa shape index (κ2) is 12.1. The first-order valence-electron chi connectivity index (χ1n) is 13.9. The zero-order valence-corrected chi connectivity index (χ0v) is 23.6. The summed E-state index contributed by atoms with van der Waals surface area (Å²) < 4.78 is 4.74. The Balaban J connectivity index is 1.71. The lowest BCUT2D eigenvalue weighted by Gasteiger charge is -2.37. The van der Waals surface area contributed by atoms with Gasteiger partial charge in [-0.25, -0.2) is 0 Å². The number of thioether (sulfide) groups is 1. The number of carbonyl (C=O) groups excluding carboxylic acids is 3. The Kier molecular flexibility index (Phi) is 9.08. The van der Waals surface area contributed by atoms with Crippen LogP contribution in [0.2, 0.25) is 0 Å². The fourth-order valence-electron chi connectivity index (χ4n) is 6.60. The summed E-state index contributed by atoms with van der Waals surface area (Å²) in [5, 5.41) is 9.35. The van der Waals surface area contributed by atoms with Gasteiger partial charge in [-0.1, -0.05) is 6.08 Å². The lowest BCUT2D eigenvalue weighted by atomic mass is 9.71.